The van der Waals surface area contributed by atoms with E-state index in [4.69, 9.17) is 18.9 Å². The van der Waals surface area contributed by atoms with E-state index in [1.54, 1.807) is 0 Å². The van der Waals surface area contributed by atoms with Crippen molar-refractivity contribution < 1.29 is 42.9 Å². The Labute approximate surface area is 565 Å². The van der Waals surface area contributed by atoms with Gasteiger partial charge in [0.05, 0.1) is 40.3 Å². The van der Waals surface area contributed by atoms with E-state index in [0.29, 0.717) is 23.9 Å². The van der Waals surface area contributed by atoms with Crippen LogP contribution in [-0.4, -0.2) is 82.3 Å². The number of carbonyl (C=O) groups excluding carboxylic acids is 3. The summed E-state index contributed by atoms with van der Waals surface area (Å²) in [5.74, 6) is -2.25. The summed E-state index contributed by atoms with van der Waals surface area (Å²) >= 11 is 0. The van der Waals surface area contributed by atoms with Crippen LogP contribution in [-0.2, 0) is 33.3 Å². The lowest BCUT2D eigenvalue weighted by Gasteiger charge is -2.26. The maximum absolute atomic E-state index is 13.0. The van der Waals surface area contributed by atoms with Crippen LogP contribution in [0.1, 0.15) is 386 Å². The number of likely N-dealkylation sites (N-methyl/N-ethyl adjacent to an activating group) is 1. The molecule has 0 fully saturated rings. The standard InChI is InChI=1S/C82H151NO8/c1-6-8-10-12-14-16-18-20-22-24-26-28-30-32-34-36-38-39-40-41-43-45-47-49-51-53-55-57-59-61-63-65-67-69-71-73-80(85)91-78(77-90-82(81(86)87)88-75-74-83(3,4)5)76-89-79(84)72-70-68-66-64-62-60-58-56-54-52-50-48-46-44-42-37-35-33-31-29-27-25-23-21-19-17-15-13-11-9-7-2/h8,10,14,16,20,22,26,28,32,34,78,82H,6-7,9,11-13,15,17-19,21,23-25,27,29-31,33,35-77H2,1-5H3/b10-8-,16-14-,22-20-,28-26-,34-32-. The van der Waals surface area contributed by atoms with Gasteiger partial charge < -0.3 is 33.3 Å². The summed E-state index contributed by atoms with van der Waals surface area (Å²) in [5, 5.41) is 11.9. The monoisotopic (exact) mass is 1280 g/mol. The van der Waals surface area contributed by atoms with Gasteiger partial charge >= 0.3 is 11.9 Å². The number of esters is 2. The zero-order valence-corrected chi connectivity index (χ0v) is 61.0. The van der Waals surface area contributed by atoms with Crippen molar-refractivity contribution in [3.63, 3.8) is 0 Å². The van der Waals surface area contributed by atoms with Gasteiger partial charge in [-0.15, -0.1) is 0 Å². The second kappa shape index (κ2) is 72.8. The summed E-state index contributed by atoms with van der Waals surface area (Å²) in [6.07, 6.45) is 93.4. The van der Waals surface area contributed by atoms with E-state index in [-0.39, 0.29) is 32.2 Å². The molecule has 91 heavy (non-hydrogen) atoms. The fraction of sp³-hybridized carbons (Fsp3) is 0.841. The molecule has 2 atom stereocenters. The maximum Gasteiger partial charge on any atom is 0.306 e. The minimum absolute atomic E-state index is 0.150. The lowest BCUT2D eigenvalue weighted by Crippen LogP contribution is -2.44. The molecular formula is C82H151NO8. The number of unbranched alkanes of at least 4 members (excludes halogenated alkanes) is 49. The number of rotatable bonds is 74. The van der Waals surface area contributed by atoms with E-state index in [9.17, 15) is 19.5 Å². The van der Waals surface area contributed by atoms with Gasteiger partial charge in [0, 0.05) is 12.8 Å². The molecule has 0 amide bonds. The summed E-state index contributed by atoms with van der Waals surface area (Å²) in [5.41, 5.74) is 0. The van der Waals surface area contributed by atoms with E-state index < -0.39 is 24.3 Å². The van der Waals surface area contributed by atoms with Crippen molar-refractivity contribution in [2.45, 2.75) is 399 Å². The number of carboxylic acids is 1. The summed E-state index contributed by atoms with van der Waals surface area (Å²) in [4.78, 5) is 37.6. The molecule has 0 N–H and O–H groups in total. The molecule has 0 aromatic heterocycles. The quantitative estimate of drug-likeness (QED) is 0.0195. The van der Waals surface area contributed by atoms with Gasteiger partial charge in [0.1, 0.15) is 13.2 Å². The Morgan fingerprint density at radius 1 is 0.341 bits per heavy atom. The van der Waals surface area contributed by atoms with Crippen LogP contribution >= 0.6 is 0 Å². The average Bonchev–Trinajstić information content (AvgIpc) is 3.46. The third kappa shape index (κ3) is 74.3. The van der Waals surface area contributed by atoms with Gasteiger partial charge in [-0.25, -0.2) is 0 Å². The molecule has 0 rings (SSSR count). The minimum Gasteiger partial charge on any atom is -0.545 e. The first kappa shape index (κ1) is 88.0. The van der Waals surface area contributed by atoms with E-state index in [0.717, 1.165) is 64.2 Å². The second-order valence-corrected chi connectivity index (χ2v) is 28.0. The third-order valence-corrected chi connectivity index (χ3v) is 17.8. The van der Waals surface area contributed by atoms with Gasteiger partial charge in [0.25, 0.3) is 0 Å². The minimum atomic E-state index is -1.62. The van der Waals surface area contributed by atoms with E-state index in [2.05, 4.69) is 74.6 Å². The van der Waals surface area contributed by atoms with Crippen LogP contribution in [0.25, 0.3) is 0 Å². The number of aliphatic carboxylic acids is 1. The normalized spacial score (nSPS) is 12.9. The highest BCUT2D eigenvalue weighted by molar-refractivity contribution is 5.70. The second-order valence-electron chi connectivity index (χ2n) is 28.0. The Morgan fingerprint density at radius 2 is 0.626 bits per heavy atom. The van der Waals surface area contributed by atoms with Crippen molar-refractivity contribution in [3.05, 3.63) is 60.8 Å². The Balaban J connectivity index is 3.99. The number of quaternary nitrogens is 1. The molecule has 0 aliphatic heterocycles. The Kier molecular flexibility index (Phi) is 70.4. The molecule has 9 nitrogen and oxygen atoms in total. The van der Waals surface area contributed by atoms with Gasteiger partial charge in [-0.3, -0.25) is 9.59 Å². The predicted octanol–water partition coefficient (Wildman–Crippen LogP) is 23.7. The van der Waals surface area contributed by atoms with Gasteiger partial charge in [0.15, 0.2) is 12.4 Å². The number of ether oxygens (including phenoxy) is 4. The molecule has 0 aromatic rings. The summed E-state index contributed by atoms with van der Waals surface area (Å²) in [7, 11) is 5.95. The third-order valence-electron chi connectivity index (χ3n) is 17.8. The van der Waals surface area contributed by atoms with E-state index in [1.165, 1.54) is 289 Å². The summed E-state index contributed by atoms with van der Waals surface area (Å²) in [6.45, 7) is 4.71. The van der Waals surface area contributed by atoms with Crippen LogP contribution in [0.5, 0.6) is 0 Å². The van der Waals surface area contributed by atoms with Gasteiger partial charge in [-0.1, -0.05) is 376 Å². The first-order chi connectivity index (χ1) is 44.6. The Morgan fingerprint density at radius 3 is 0.934 bits per heavy atom. The van der Waals surface area contributed by atoms with Gasteiger partial charge in [-0.05, 0) is 57.8 Å². The van der Waals surface area contributed by atoms with Crippen molar-refractivity contribution in [2.75, 3.05) is 47.5 Å². The van der Waals surface area contributed by atoms with Crippen LogP contribution < -0.4 is 5.11 Å². The van der Waals surface area contributed by atoms with Crippen LogP contribution in [0.15, 0.2) is 60.8 Å². The number of carboxylic acid groups (broad SMARTS) is 1. The number of hydrogen-bond donors (Lipinski definition) is 0. The molecule has 0 radical (unpaired) electrons. The lowest BCUT2D eigenvalue weighted by atomic mass is 10.0. The summed E-state index contributed by atoms with van der Waals surface area (Å²) in [6, 6.07) is 0. The SMILES string of the molecule is CC/C=C\C/C=C\C/C=C\C/C=C\C/C=C\CCCCCCCCCCCCCCCCCCCCCC(=O)OC(COC(=O)CCCCCCCCCCCCCCCCCCCCCCCCCCCCCCCCC)COC(OCC[N+](C)(C)C)C(=O)[O-]. The molecule has 0 bridgehead atoms. The zero-order valence-electron chi connectivity index (χ0n) is 61.0. The van der Waals surface area contributed by atoms with E-state index >= 15 is 0 Å². The summed E-state index contributed by atoms with van der Waals surface area (Å²) < 4.78 is 22.9. The van der Waals surface area contributed by atoms with Gasteiger partial charge in [0.2, 0.25) is 0 Å². The van der Waals surface area contributed by atoms with E-state index in [1.807, 2.05) is 21.1 Å². The fourth-order valence-corrected chi connectivity index (χ4v) is 11.8. The largest absolute Gasteiger partial charge is 0.545 e. The smallest absolute Gasteiger partial charge is 0.306 e. The first-order valence-electron chi connectivity index (χ1n) is 39.4. The molecule has 0 saturated heterocycles. The molecule has 9 heteroatoms. The number of carbonyl (C=O) groups is 3. The highest BCUT2D eigenvalue weighted by Gasteiger charge is 2.22. The average molecular weight is 1280 g/mol. The van der Waals surface area contributed by atoms with Crippen LogP contribution in [0.2, 0.25) is 0 Å². The number of hydrogen-bond acceptors (Lipinski definition) is 8. The Hall–Kier alpha value is -3.01. The van der Waals surface area contributed by atoms with Crippen molar-refractivity contribution in [3.8, 4) is 0 Å². The molecule has 0 spiro atoms. The zero-order chi connectivity index (χ0) is 66.1. The number of nitrogens with zero attached hydrogens (tertiary/aromatic N) is 1. The van der Waals surface area contributed by atoms with Crippen molar-refractivity contribution >= 4 is 17.9 Å². The molecular weight excluding hydrogens is 1130 g/mol. The molecule has 0 aliphatic carbocycles. The van der Waals surface area contributed by atoms with Crippen LogP contribution in [0.4, 0.5) is 0 Å². The molecule has 0 aromatic carbocycles. The maximum atomic E-state index is 13.0. The molecule has 0 heterocycles. The van der Waals surface area contributed by atoms with Crippen molar-refractivity contribution in [1.29, 1.82) is 0 Å². The van der Waals surface area contributed by atoms with Crippen molar-refractivity contribution in [1.82, 2.24) is 0 Å². The van der Waals surface area contributed by atoms with Crippen LogP contribution in [0.3, 0.4) is 0 Å². The first-order valence-corrected chi connectivity index (χ1v) is 39.4. The Bertz CT molecular complexity index is 1680. The van der Waals surface area contributed by atoms with Crippen LogP contribution in [0, 0.1) is 0 Å². The van der Waals surface area contributed by atoms with Gasteiger partial charge in [-0.2, -0.15) is 0 Å². The number of allylic oxidation sites excluding steroid dienone is 10. The topological polar surface area (TPSA) is 111 Å². The lowest BCUT2D eigenvalue weighted by molar-refractivity contribution is -0.870. The highest BCUT2D eigenvalue weighted by atomic mass is 16.7. The molecule has 0 saturated carbocycles. The molecule has 532 valence electrons. The molecule has 2 unspecified atom stereocenters. The fourth-order valence-electron chi connectivity index (χ4n) is 11.8. The molecule has 0 aliphatic rings. The van der Waals surface area contributed by atoms with Crippen molar-refractivity contribution in [2.24, 2.45) is 0 Å². The predicted molar refractivity (Wildman–Crippen MR) is 389 cm³/mol. The highest BCUT2D eigenvalue weighted by Crippen LogP contribution is 2.20.